The normalized spacial score (nSPS) is 19.4. The van der Waals surface area contributed by atoms with Crippen LogP contribution in [0.2, 0.25) is 0 Å². The van der Waals surface area contributed by atoms with Gasteiger partial charge in [0.25, 0.3) is 5.91 Å². The third-order valence-corrected chi connectivity index (χ3v) is 6.88. The third-order valence-electron chi connectivity index (χ3n) is 5.35. The Hall–Kier alpha value is -1.64. The zero-order chi connectivity index (χ0) is 19.3. The summed E-state index contributed by atoms with van der Waals surface area (Å²) >= 11 is 0. The van der Waals surface area contributed by atoms with Crippen LogP contribution in [0.5, 0.6) is 5.75 Å². The van der Waals surface area contributed by atoms with Crippen molar-refractivity contribution in [3.05, 3.63) is 24.3 Å². The molecule has 0 unspecified atom stereocenters. The van der Waals surface area contributed by atoms with E-state index >= 15 is 0 Å². The molecule has 150 valence electrons. The van der Waals surface area contributed by atoms with Gasteiger partial charge >= 0.3 is 0 Å². The van der Waals surface area contributed by atoms with Crippen molar-refractivity contribution in [3.8, 4) is 5.75 Å². The van der Waals surface area contributed by atoms with Crippen molar-refractivity contribution >= 4 is 15.9 Å². The molecule has 27 heavy (non-hydrogen) atoms. The molecule has 1 saturated heterocycles. The molecule has 1 aromatic carbocycles. The van der Waals surface area contributed by atoms with Crippen LogP contribution in [0, 0.1) is 0 Å². The van der Waals surface area contributed by atoms with E-state index < -0.39 is 10.0 Å². The highest BCUT2D eigenvalue weighted by Gasteiger charge is 2.23. The third kappa shape index (κ3) is 5.43. The molecule has 2 aliphatic rings. The molecule has 8 heteroatoms. The number of hydrogen-bond acceptors (Lipinski definition) is 5. The summed E-state index contributed by atoms with van der Waals surface area (Å²) in [6.45, 7) is 6.32. The maximum absolute atomic E-state index is 12.4. The van der Waals surface area contributed by atoms with Crippen molar-refractivity contribution in [1.29, 1.82) is 0 Å². The van der Waals surface area contributed by atoms with Crippen LogP contribution in [0.1, 0.15) is 32.6 Å². The van der Waals surface area contributed by atoms with Crippen LogP contribution in [0.25, 0.3) is 0 Å². The molecule has 0 spiro atoms. The fourth-order valence-electron chi connectivity index (χ4n) is 3.60. The minimum absolute atomic E-state index is 0.0292. The molecule has 0 bridgehead atoms. The standard InChI is InChI=1S/C19H29N3O4S/c1-2-21-11-13-22(14-12-21)19(23)15-26-17-7-9-18(10-8-17)27(24,25)20-16-5-3-4-6-16/h7-10,16,20H,2-6,11-15H2,1H3. The van der Waals surface area contributed by atoms with Crippen LogP contribution in [0.3, 0.4) is 0 Å². The Kier molecular flexibility index (Phi) is 6.73. The van der Waals surface area contributed by atoms with Gasteiger partial charge in [-0.1, -0.05) is 19.8 Å². The molecule has 1 aromatic rings. The number of ether oxygens (including phenoxy) is 1. The van der Waals surface area contributed by atoms with Gasteiger partial charge in [-0.3, -0.25) is 4.79 Å². The van der Waals surface area contributed by atoms with E-state index in [0.29, 0.717) is 5.75 Å². The lowest BCUT2D eigenvalue weighted by atomic mass is 10.3. The molecule has 0 atom stereocenters. The Morgan fingerprint density at radius 2 is 1.74 bits per heavy atom. The monoisotopic (exact) mass is 395 g/mol. The second-order valence-electron chi connectivity index (χ2n) is 7.18. The number of hydrogen-bond donors (Lipinski definition) is 1. The van der Waals surface area contributed by atoms with Gasteiger partial charge in [0, 0.05) is 32.2 Å². The van der Waals surface area contributed by atoms with Gasteiger partial charge in [0.2, 0.25) is 10.0 Å². The van der Waals surface area contributed by atoms with Gasteiger partial charge in [0.1, 0.15) is 5.75 Å². The highest BCUT2D eigenvalue weighted by atomic mass is 32.2. The summed E-state index contributed by atoms with van der Waals surface area (Å²) in [7, 11) is -3.50. The van der Waals surface area contributed by atoms with Crippen LogP contribution >= 0.6 is 0 Å². The van der Waals surface area contributed by atoms with Crippen molar-refractivity contribution in [1.82, 2.24) is 14.5 Å². The molecule has 2 fully saturated rings. The molecule has 3 rings (SSSR count). The number of carbonyl (C=O) groups is 1. The summed E-state index contributed by atoms with van der Waals surface area (Å²) in [4.78, 5) is 16.6. The lowest BCUT2D eigenvalue weighted by Gasteiger charge is -2.33. The summed E-state index contributed by atoms with van der Waals surface area (Å²) < 4.78 is 33.1. The second-order valence-corrected chi connectivity index (χ2v) is 8.89. The van der Waals surface area contributed by atoms with Crippen LogP contribution in [-0.4, -0.2) is 69.5 Å². The minimum atomic E-state index is -3.50. The van der Waals surface area contributed by atoms with Crippen molar-refractivity contribution in [2.24, 2.45) is 0 Å². The van der Waals surface area contributed by atoms with Crippen molar-refractivity contribution < 1.29 is 17.9 Å². The fraction of sp³-hybridized carbons (Fsp3) is 0.632. The van der Waals surface area contributed by atoms with E-state index in [-0.39, 0.29) is 23.5 Å². The maximum atomic E-state index is 12.4. The van der Waals surface area contributed by atoms with E-state index in [1.165, 1.54) is 12.1 Å². The first kappa shape index (κ1) is 20.1. The molecule has 1 N–H and O–H groups in total. The molecular weight excluding hydrogens is 366 g/mol. The van der Waals surface area contributed by atoms with E-state index in [1.54, 1.807) is 12.1 Å². The first-order chi connectivity index (χ1) is 13.0. The number of nitrogens with zero attached hydrogens (tertiary/aromatic N) is 2. The highest BCUT2D eigenvalue weighted by Crippen LogP contribution is 2.21. The number of likely N-dealkylation sites (N-methyl/N-ethyl adjacent to an activating group) is 1. The number of sulfonamides is 1. The Morgan fingerprint density at radius 1 is 1.11 bits per heavy atom. The van der Waals surface area contributed by atoms with Crippen LogP contribution in [-0.2, 0) is 14.8 Å². The molecule has 1 aliphatic heterocycles. The van der Waals surface area contributed by atoms with Gasteiger partial charge in [0.05, 0.1) is 4.90 Å². The zero-order valence-electron chi connectivity index (χ0n) is 15.9. The molecule has 0 radical (unpaired) electrons. The summed E-state index contributed by atoms with van der Waals surface area (Å²) in [6.07, 6.45) is 3.94. The van der Waals surface area contributed by atoms with Gasteiger partial charge in [-0.05, 0) is 43.7 Å². The maximum Gasteiger partial charge on any atom is 0.260 e. The number of nitrogens with one attached hydrogen (secondary N) is 1. The fourth-order valence-corrected chi connectivity index (χ4v) is 4.90. The van der Waals surface area contributed by atoms with E-state index in [4.69, 9.17) is 4.74 Å². The van der Waals surface area contributed by atoms with E-state index in [1.807, 2.05) is 4.90 Å². The lowest BCUT2D eigenvalue weighted by Crippen LogP contribution is -2.49. The van der Waals surface area contributed by atoms with E-state index in [0.717, 1.165) is 58.4 Å². The minimum Gasteiger partial charge on any atom is -0.484 e. The zero-order valence-corrected chi connectivity index (χ0v) is 16.7. The molecule has 1 heterocycles. The van der Waals surface area contributed by atoms with Crippen molar-refractivity contribution in [3.63, 3.8) is 0 Å². The second kappa shape index (κ2) is 9.03. The predicted octanol–water partition coefficient (Wildman–Crippen LogP) is 1.45. The molecule has 1 aliphatic carbocycles. The molecule has 1 saturated carbocycles. The molecule has 7 nitrogen and oxygen atoms in total. The van der Waals surface area contributed by atoms with Crippen LogP contribution in [0.15, 0.2) is 29.2 Å². The van der Waals surface area contributed by atoms with Gasteiger partial charge in [-0.2, -0.15) is 0 Å². The van der Waals surface area contributed by atoms with Gasteiger partial charge < -0.3 is 14.5 Å². The Bertz CT molecular complexity index is 722. The first-order valence-electron chi connectivity index (χ1n) is 9.73. The van der Waals surface area contributed by atoms with Gasteiger partial charge in [0.15, 0.2) is 6.61 Å². The molecule has 1 amide bonds. The summed E-state index contributed by atoms with van der Waals surface area (Å²) in [6, 6.07) is 6.29. The van der Waals surface area contributed by atoms with E-state index in [2.05, 4.69) is 16.5 Å². The van der Waals surface area contributed by atoms with Gasteiger partial charge in [-0.15, -0.1) is 0 Å². The van der Waals surface area contributed by atoms with E-state index in [9.17, 15) is 13.2 Å². The number of piperazine rings is 1. The topological polar surface area (TPSA) is 79.0 Å². The lowest BCUT2D eigenvalue weighted by molar-refractivity contribution is -0.135. The largest absolute Gasteiger partial charge is 0.484 e. The first-order valence-corrected chi connectivity index (χ1v) is 11.2. The average Bonchev–Trinajstić information content (AvgIpc) is 3.19. The molecule has 0 aromatic heterocycles. The number of amides is 1. The highest BCUT2D eigenvalue weighted by molar-refractivity contribution is 7.89. The average molecular weight is 396 g/mol. The molecular formula is C19H29N3O4S. The number of rotatable bonds is 7. The summed E-state index contributed by atoms with van der Waals surface area (Å²) in [5.41, 5.74) is 0. The SMILES string of the molecule is CCN1CCN(C(=O)COc2ccc(S(=O)(=O)NC3CCCC3)cc2)CC1. The summed E-state index contributed by atoms with van der Waals surface area (Å²) in [5, 5.41) is 0. The predicted molar refractivity (Wildman–Crippen MR) is 103 cm³/mol. The van der Waals surface area contributed by atoms with Crippen LogP contribution in [0.4, 0.5) is 0 Å². The number of carbonyl (C=O) groups excluding carboxylic acids is 1. The van der Waals surface area contributed by atoms with Gasteiger partial charge in [-0.25, -0.2) is 13.1 Å². The summed E-state index contributed by atoms with van der Waals surface area (Å²) in [5.74, 6) is 0.459. The smallest absolute Gasteiger partial charge is 0.260 e. The van der Waals surface area contributed by atoms with Crippen molar-refractivity contribution in [2.75, 3.05) is 39.3 Å². The Labute approximate surface area is 161 Å². The van der Waals surface area contributed by atoms with Crippen LogP contribution < -0.4 is 9.46 Å². The number of benzene rings is 1. The quantitative estimate of drug-likeness (QED) is 0.756. The Morgan fingerprint density at radius 3 is 2.33 bits per heavy atom. The van der Waals surface area contributed by atoms with Crippen molar-refractivity contribution in [2.45, 2.75) is 43.5 Å². The Balaban J connectivity index is 1.49.